The molecular weight excluding hydrogens is 264 g/mol. The Morgan fingerprint density at radius 3 is 2.47 bits per heavy atom. The number of carbonyl (C=O) groups is 2. The lowest BCUT2D eigenvalue weighted by atomic mass is 10.1. The molecular formula is C13H18N2O3S. The molecule has 0 radical (unpaired) electrons. The van der Waals surface area contributed by atoms with Gasteiger partial charge in [0.25, 0.3) is 0 Å². The van der Waals surface area contributed by atoms with E-state index in [1.807, 2.05) is 30.5 Å². The van der Waals surface area contributed by atoms with Crippen LogP contribution in [-0.2, 0) is 16.1 Å². The van der Waals surface area contributed by atoms with E-state index in [1.165, 1.54) is 4.90 Å². The average Bonchev–Trinajstić information content (AvgIpc) is 2.38. The van der Waals surface area contributed by atoms with Gasteiger partial charge in [-0.15, -0.1) is 11.8 Å². The van der Waals surface area contributed by atoms with Crippen molar-refractivity contribution >= 4 is 23.6 Å². The Hall–Kier alpha value is -1.53. The molecule has 4 N–H and O–H groups in total. The van der Waals surface area contributed by atoms with Crippen molar-refractivity contribution < 1.29 is 14.7 Å². The van der Waals surface area contributed by atoms with Gasteiger partial charge >= 0.3 is 5.97 Å². The summed E-state index contributed by atoms with van der Waals surface area (Å²) in [5.41, 5.74) is 6.26. The van der Waals surface area contributed by atoms with Crippen LogP contribution >= 0.6 is 11.8 Å². The molecule has 1 rings (SSSR count). The summed E-state index contributed by atoms with van der Waals surface area (Å²) in [5.74, 6) is -1.46. The van der Waals surface area contributed by atoms with Gasteiger partial charge in [-0.05, 0) is 30.4 Å². The van der Waals surface area contributed by atoms with Crippen LogP contribution in [0.3, 0.4) is 0 Å². The summed E-state index contributed by atoms with van der Waals surface area (Å²) in [6.45, 7) is 0.488. The molecule has 0 unspecified atom stereocenters. The molecule has 104 valence electrons. The molecule has 0 fully saturated rings. The standard InChI is InChI=1S/C13H18N2O3S/c1-19-10-4-2-9(3-5-10)8-15-11(13(14)18)6-7-12(16)17/h2-5,11,15H,6-8H2,1H3,(H2,14,18)(H,16,17)/t11-/m0/s1. The molecule has 0 saturated heterocycles. The molecule has 19 heavy (non-hydrogen) atoms. The normalized spacial score (nSPS) is 12.1. The first-order chi connectivity index (χ1) is 9.02. The quantitative estimate of drug-likeness (QED) is 0.623. The van der Waals surface area contributed by atoms with Gasteiger partial charge in [-0.2, -0.15) is 0 Å². The van der Waals surface area contributed by atoms with E-state index in [0.29, 0.717) is 6.54 Å². The number of benzene rings is 1. The smallest absolute Gasteiger partial charge is 0.303 e. The van der Waals surface area contributed by atoms with Gasteiger partial charge < -0.3 is 16.2 Å². The Kier molecular flexibility index (Phi) is 6.38. The molecule has 0 heterocycles. The van der Waals surface area contributed by atoms with Crippen molar-refractivity contribution in [1.82, 2.24) is 5.32 Å². The fourth-order valence-electron chi connectivity index (χ4n) is 1.60. The zero-order valence-electron chi connectivity index (χ0n) is 10.8. The molecule has 0 spiro atoms. The zero-order valence-corrected chi connectivity index (χ0v) is 11.6. The predicted molar refractivity (Wildman–Crippen MR) is 74.9 cm³/mol. The number of amides is 1. The van der Waals surface area contributed by atoms with Gasteiger partial charge in [-0.1, -0.05) is 12.1 Å². The summed E-state index contributed by atoms with van der Waals surface area (Å²) < 4.78 is 0. The van der Waals surface area contributed by atoms with Crippen molar-refractivity contribution in [3.63, 3.8) is 0 Å². The molecule has 0 aliphatic rings. The number of carboxylic acid groups (broad SMARTS) is 1. The Bertz CT molecular complexity index is 434. The van der Waals surface area contributed by atoms with Crippen molar-refractivity contribution in [2.24, 2.45) is 5.73 Å². The third-order valence-corrected chi connectivity index (χ3v) is 3.45. The van der Waals surface area contributed by atoms with E-state index in [-0.39, 0.29) is 12.8 Å². The molecule has 1 atom stereocenters. The molecule has 0 aliphatic heterocycles. The van der Waals surface area contributed by atoms with Crippen molar-refractivity contribution in [2.45, 2.75) is 30.3 Å². The van der Waals surface area contributed by atoms with Gasteiger partial charge in [-0.3, -0.25) is 9.59 Å². The van der Waals surface area contributed by atoms with Crippen LogP contribution in [0.15, 0.2) is 29.2 Å². The van der Waals surface area contributed by atoms with E-state index in [0.717, 1.165) is 5.56 Å². The number of nitrogens with one attached hydrogen (secondary N) is 1. The summed E-state index contributed by atoms with van der Waals surface area (Å²) >= 11 is 1.66. The van der Waals surface area contributed by atoms with Gasteiger partial charge in [-0.25, -0.2) is 0 Å². The van der Waals surface area contributed by atoms with Crippen LogP contribution in [0.2, 0.25) is 0 Å². The highest BCUT2D eigenvalue weighted by Crippen LogP contribution is 2.14. The monoisotopic (exact) mass is 282 g/mol. The number of hydrogen-bond acceptors (Lipinski definition) is 4. The Balaban J connectivity index is 2.50. The molecule has 1 aromatic carbocycles. The number of carbonyl (C=O) groups excluding carboxylic acids is 1. The number of aliphatic carboxylic acids is 1. The van der Waals surface area contributed by atoms with Crippen LogP contribution < -0.4 is 11.1 Å². The van der Waals surface area contributed by atoms with Gasteiger partial charge in [0, 0.05) is 17.9 Å². The van der Waals surface area contributed by atoms with Crippen LogP contribution in [0.25, 0.3) is 0 Å². The SMILES string of the molecule is CSc1ccc(CN[C@@H](CCC(=O)O)C(N)=O)cc1. The van der Waals surface area contributed by atoms with Gasteiger partial charge in [0.05, 0.1) is 6.04 Å². The van der Waals surface area contributed by atoms with Crippen molar-refractivity contribution in [2.75, 3.05) is 6.26 Å². The summed E-state index contributed by atoms with van der Waals surface area (Å²) in [5, 5.41) is 11.6. The summed E-state index contributed by atoms with van der Waals surface area (Å²) in [7, 11) is 0. The van der Waals surface area contributed by atoms with Crippen LogP contribution in [0.4, 0.5) is 0 Å². The van der Waals surface area contributed by atoms with Crippen LogP contribution in [0.1, 0.15) is 18.4 Å². The first-order valence-corrected chi connectivity index (χ1v) is 7.13. The number of carboxylic acids is 1. The summed E-state index contributed by atoms with van der Waals surface area (Å²) in [4.78, 5) is 22.9. The van der Waals surface area contributed by atoms with E-state index in [9.17, 15) is 9.59 Å². The van der Waals surface area contributed by atoms with E-state index in [1.54, 1.807) is 11.8 Å². The van der Waals surface area contributed by atoms with Crippen molar-refractivity contribution in [3.05, 3.63) is 29.8 Å². The maximum atomic E-state index is 11.2. The average molecular weight is 282 g/mol. The Labute approximate surface area is 116 Å². The largest absolute Gasteiger partial charge is 0.481 e. The highest BCUT2D eigenvalue weighted by Gasteiger charge is 2.15. The summed E-state index contributed by atoms with van der Waals surface area (Å²) in [6.07, 6.45) is 2.13. The molecule has 0 bridgehead atoms. The highest BCUT2D eigenvalue weighted by atomic mass is 32.2. The fraction of sp³-hybridized carbons (Fsp3) is 0.385. The molecule has 5 nitrogen and oxygen atoms in total. The molecule has 0 saturated carbocycles. The first-order valence-electron chi connectivity index (χ1n) is 5.90. The lowest BCUT2D eigenvalue weighted by molar-refractivity contribution is -0.137. The third kappa shape index (κ3) is 5.76. The number of hydrogen-bond donors (Lipinski definition) is 3. The van der Waals surface area contributed by atoms with Crippen LogP contribution in [0.5, 0.6) is 0 Å². The van der Waals surface area contributed by atoms with Crippen molar-refractivity contribution in [3.8, 4) is 0 Å². The third-order valence-electron chi connectivity index (χ3n) is 2.70. The second-order valence-corrected chi connectivity index (χ2v) is 5.00. The Morgan fingerprint density at radius 2 is 2.00 bits per heavy atom. The van der Waals surface area contributed by atoms with E-state index >= 15 is 0 Å². The van der Waals surface area contributed by atoms with Crippen LogP contribution in [0, 0.1) is 0 Å². The molecule has 0 aliphatic carbocycles. The zero-order chi connectivity index (χ0) is 14.3. The van der Waals surface area contributed by atoms with Crippen molar-refractivity contribution in [1.29, 1.82) is 0 Å². The fourth-order valence-corrected chi connectivity index (χ4v) is 2.01. The second kappa shape index (κ2) is 7.81. The van der Waals surface area contributed by atoms with Gasteiger partial charge in [0.1, 0.15) is 0 Å². The van der Waals surface area contributed by atoms with E-state index in [2.05, 4.69) is 5.32 Å². The lowest BCUT2D eigenvalue weighted by Gasteiger charge is -2.14. The maximum absolute atomic E-state index is 11.2. The maximum Gasteiger partial charge on any atom is 0.303 e. The number of rotatable bonds is 8. The highest BCUT2D eigenvalue weighted by molar-refractivity contribution is 7.98. The second-order valence-electron chi connectivity index (χ2n) is 4.12. The summed E-state index contributed by atoms with van der Waals surface area (Å²) in [6, 6.07) is 7.31. The minimum Gasteiger partial charge on any atom is -0.481 e. The van der Waals surface area contributed by atoms with Crippen LogP contribution in [-0.4, -0.2) is 29.3 Å². The number of nitrogens with two attached hydrogens (primary N) is 1. The minimum atomic E-state index is -0.933. The van der Waals surface area contributed by atoms with Gasteiger partial charge in [0.2, 0.25) is 5.91 Å². The topological polar surface area (TPSA) is 92.4 Å². The molecule has 6 heteroatoms. The minimum absolute atomic E-state index is 0.0774. The molecule has 1 amide bonds. The van der Waals surface area contributed by atoms with E-state index < -0.39 is 17.9 Å². The molecule has 0 aromatic heterocycles. The predicted octanol–water partition coefficient (Wildman–Crippen LogP) is 1.22. The lowest BCUT2D eigenvalue weighted by Crippen LogP contribution is -2.41. The van der Waals surface area contributed by atoms with Gasteiger partial charge in [0.15, 0.2) is 0 Å². The number of primary amides is 1. The Morgan fingerprint density at radius 1 is 1.37 bits per heavy atom. The molecule has 1 aromatic rings. The van der Waals surface area contributed by atoms with E-state index in [4.69, 9.17) is 10.8 Å². The number of thioether (sulfide) groups is 1. The first kappa shape index (κ1) is 15.5.